The Hall–Kier alpha value is -6.07. The molecule has 1 aliphatic carbocycles. The smallest absolute Gasteiger partial charge is 0.182 e. The minimum Gasteiger partial charge on any atom is -0.264 e. The summed E-state index contributed by atoms with van der Waals surface area (Å²) in [6.07, 6.45) is 11.9. The molecule has 0 N–H and O–H groups in total. The van der Waals surface area contributed by atoms with E-state index < -0.39 is 0 Å². The monoisotopic (exact) mass is 589 g/mol. The molecule has 3 heterocycles. The molecule has 3 aromatic heterocycles. The quantitative estimate of drug-likeness (QED) is 0.191. The standard InChI is InChI=1S/C41H27N5/c1-3-13-30-26(10-1)22-36(34-17-7-5-15-32(30)34)39-44-40(37-23-27-11-2-4-14-31(27)33-16-6-8-18-35(33)37)46-41(45-39)38-20-19-29(25-43-38)28-12-9-21-42-24-28/h1-7,9-17,19-25H,8,18H2. The van der Waals surface area contributed by atoms with E-state index in [2.05, 4.69) is 108 Å². The highest BCUT2D eigenvalue weighted by molar-refractivity contribution is 6.13. The SMILES string of the molecule is C1=Cc2c(c(-c3nc(-c4ccc(-c5cccnc5)cn4)nc(-c4cc5ccccc5c5ccccc45)n3)cc3ccccc23)CC1. The summed E-state index contributed by atoms with van der Waals surface area (Å²) in [5, 5.41) is 7.05. The highest BCUT2D eigenvalue weighted by Crippen LogP contribution is 2.38. The first-order valence-electron chi connectivity index (χ1n) is 15.6. The lowest BCUT2D eigenvalue weighted by molar-refractivity contribution is 0.981. The molecular formula is C41H27N5. The Bertz CT molecular complexity index is 2470. The Morgan fingerprint density at radius 3 is 1.98 bits per heavy atom. The molecule has 8 aromatic rings. The van der Waals surface area contributed by atoms with Crippen molar-refractivity contribution in [3.63, 3.8) is 0 Å². The van der Waals surface area contributed by atoms with Crippen molar-refractivity contribution in [2.45, 2.75) is 12.8 Å². The van der Waals surface area contributed by atoms with Crippen molar-refractivity contribution in [3.05, 3.63) is 145 Å². The second-order valence-electron chi connectivity index (χ2n) is 11.6. The Morgan fingerprint density at radius 2 is 1.20 bits per heavy atom. The van der Waals surface area contributed by atoms with E-state index in [1.54, 1.807) is 6.20 Å². The average Bonchev–Trinajstić information content (AvgIpc) is 3.14. The molecule has 0 saturated heterocycles. The molecule has 0 aliphatic heterocycles. The topological polar surface area (TPSA) is 64.5 Å². The maximum atomic E-state index is 5.25. The molecule has 216 valence electrons. The van der Waals surface area contributed by atoms with Crippen LogP contribution in [0.1, 0.15) is 17.5 Å². The summed E-state index contributed by atoms with van der Waals surface area (Å²) in [5.74, 6) is 1.84. The van der Waals surface area contributed by atoms with Gasteiger partial charge >= 0.3 is 0 Å². The fourth-order valence-corrected chi connectivity index (χ4v) is 6.71. The van der Waals surface area contributed by atoms with Crippen LogP contribution in [0.25, 0.3) is 83.8 Å². The predicted molar refractivity (Wildman–Crippen MR) is 187 cm³/mol. The summed E-state index contributed by atoms with van der Waals surface area (Å²) >= 11 is 0. The number of aromatic nitrogens is 5. The lowest BCUT2D eigenvalue weighted by Crippen LogP contribution is -2.05. The van der Waals surface area contributed by atoms with Gasteiger partial charge in [0.1, 0.15) is 5.69 Å². The summed E-state index contributed by atoms with van der Waals surface area (Å²) in [6.45, 7) is 0. The average molecular weight is 590 g/mol. The van der Waals surface area contributed by atoms with Crippen LogP contribution < -0.4 is 0 Å². The van der Waals surface area contributed by atoms with Crippen LogP contribution >= 0.6 is 0 Å². The van der Waals surface area contributed by atoms with E-state index in [0.29, 0.717) is 23.2 Å². The van der Waals surface area contributed by atoms with Gasteiger partial charge in [-0.15, -0.1) is 0 Å². The maximum Gasteiger partial charge on any atom is 0.182 e. The first-order chi connectivity index (χ1) is 22.8. The fourth-order valence-electron chi connectivity index (χ4n) is 6.71. The summed E-state index contributed by atoms with van der Waals surface area (Å²) in [4.78, 5) is 24.6. The number of fused-ring (bicyclic) bond motifs is 6. The highest BCUT2D eigenvalue weighted by atomic mass is 15.0. The number of allylic oxidation sites excluding steroid dienone is 1. The lowest BCUT2D eigenvalue weighted by atomic mass is 9.88. The number of benzene rings is 5. The number of pyridine rings is 2. The molecular weight excluding hydrogens is 562 g/mol. The Labute approximate surface area is 266 Å². The van der Waals surface area contributed by atoms with Crippen molar-refractivity contribution in [1.82, 2.24) is 24.9 Å². The summed E-state index contributed by atoms with van der Waals surface area (Å²) < 4.78 is 0. The molecule has 0 atom stereocenters. The van der Waals surface area contributed by atoms with Crippen LogP contribution in [0.4, 0.5) is 0 Å². The van der Waals surface area contributed by atoms with Gasteiger partial charge in [-0.2, -0.15) is 0 Å². The summed E-state index contributed by atoms with van der Waals surface area (Å²) in [5.41, 5.74) is 7.22. The number of nitrogens with zero attached hydrogens (tertiary/aromatic N) is 5. The zero-order chi connectivity index (χ0) is 30.5. The molecule has 5 aromatic carbocycles. The number of hydrogen-bond acceptors (Lipinski definition) is 5. The van der Waals surface area contributed by atoms with Gasteiger partial charge in [0.2, 0.25) is 0 Å². The van der Waals surface area contributed by atoms with E-state index in [9.17, 15) is 0 Å². The van der Waals surface area contributed by atoms with Gasteiger partial charge in [0.05, 0.1) is 0 Å². The van der Waals surface area contributed by atoms with Crippen LogP contribution in [-0.2, 0) is 6.42 Å². The van der Waals surface area contributed by atoms with Crippen molar-refractivity contribution >= 4 is 38.4 Å². The van der Waals surface area contributed by atoms with Crippen LogP contribution in [0.15, 0.2) is 134 Å². The Balaban J connectivity index is 1.31. The maximum absolute atomic E-state index is 5.25. The molecule has 5 nitrogen and oxygen atoms in total. The van der Waals surface area contributed by atoms with Gasteiger partial charge in [0.15, 0.2) is 17.5 Å². The predicted octanol–water partition coefficient (Wildman–Crippen LogP) is 9.75. The molecule has 0 amide bonds. The van der Waals surface area contributed by atoms with Crippen molar-refractivity contribution in [3.8, 4) is 45.4 Å². The minimum absolute atomic E-state index is 0.545. The van der Waals surface area contributed by atoms with E-state index in [1.165, 1.54) is 32.7 Å². The van der Waals surface area contributed by atoms with Gasteiger partial charge in [-0.3, -0.25) is 9.97 Å². The molecule has 0 radical (unpaired) electrons. The van der Waals surface area contributed by atoms with E-state index >= 15 is 0 Å². The molecule has 1 aliphatic rings. The third-order valence-corrected chi connectivity index (χ3v) is 8.92. The van der Waals surface area contributed by atoms with Crippen LogP contribution in [-0.4, -0.2) is 24.9 Å². The molecule has 46 heavy (non-hydrogen) atoms. The van der Waals surface area contributed by atoms with Crippen LogP contribution in [0, 0.1) is 0 Å². The van der Waals surface area contributed by atoms with Gasteiger partial charge in [0, 0.05) is 40.8 Å². The third kappa shape index (κ3) is 4.44. The van der Waals surface area contributed by atoms with Crippen LogP contribution in [0.3, 0.4) is 0 Å². The zero-order valence-corrected chi connectivity index (χ0v) is 24.9. The number of rotatable bonds is 4. The van der Waals surface area contributed by atoms with Crippen molar-refractivity contribution in [2.75, 3.05) is 0 Å². The molecule has 0 unspecified atom stereocenters. The summed E-state index contributed by atoms with van der Waals surface area (Å²) in [6, 6.07) is 38.0. The van der Waals surface area contributed by atoms with Crippen molar-refractivity contribution in [1.29, 1.82) is 0 Å². The van der Waals surface area contributed by atoms with Crippen molar-refractivity contribution in [2.24, 2.45) is 0 Å². The molecule has 0 spiro atoms. The number of hydrogen-bond donors (Lipinski definition) is 0. The molecule has 5 heteroatoms. The Kier molecular flexibility index (Phi) is 6.20. The van der Waals surface area contributed by atoms with Gasteiger partial charge in [-0.1, -0.05) is 97.1 Å². The molecule has 0 saturated carbocycles. The molecule has 0 fully saturated rings. The molecule has 9 rings (SSSR count). The fraction of sp³-hybridized carbons (Fsp3) is 0.0488. The second-order valence-corrected chi connectivity index (χ2v) is 11.6. The zero-order valence-electron chi connectivity index (χ0n) is 24.9. The largest absolute Gasteiger partial charge is 0.264 e. The van der Waals surface area contributed by atoms with E-state index in [0.717, 1.165) is 45.9 Å². The van der Waals surface area contributed by atoms with Crippen LogP contribution in [0.5, 0.6) is 0 Å². The van der Waals surface area contributed by atoms with Gasteiger partial charge in [0.25, 0.3) is 0 Å². The molecule has 0 bridgehead atoms. The van der Waals surface area contributed by atoms with E-state index in [1.807, 2.05) is 30.6 Å². The highest BCUT2D eigenvalue weighted by Gasteiger charge is 2.21. The van der Waals surface area contributed by atoms with E-state index in [-0.39, 0.29) is 0 Å². The van der Waals surface area contributed by atoms with E-state index in [4.69, 9.17) is 19.9 Å². The van der Waals surface area contributed by atoms with Gasteiger partial charge in [-0.05, 0) is 80.6 Å². The van der Waals surface area contributed by atoms with Gasteiger partial charge < -0.3 is 0 Å². The Morgan fingerprint density at radius 1 is 0.522 bits per heavy atom. The second kappa shape index (κ2) is 10.8. The third-order valence-electron chi connectivity index (χ3n) is 8.92. The lowest BCUT2D eigenvalue weighted by Gasteiger charge is -2.19. The first kappa shape index (κ1) is 26.3. The summed E-state index contributed by atoms with van der Waals surface area (Å²) in [7, 11) is 0. The van der Waals surface area contributed by atoms with Crippen molar-refractivity contribution < 1.29 is 0 Å². The normalized spacial score (nSPS) is 12.5. The minimum atomic E-state index is 0.545. The first-order valence-corrected chi connectivity index (χ1v) is 15.6. The van der Waals surface area contributed by atoms with Crippen LogP contribution in [0.2, 0.25) is 0 Å². The van der Waals surface area contributed by atoms with Gasteiger partial charge in [-0.25, -0.2) is 15.0 Å².